The van der Waals surface area contributed by atoms with Crippen LogP contribution in [0.3, 0.4) is 0 Å². The Kier molecular flexibility index (Phi) is 9.68. The lowest BCUT2D eigenvalue weighted by Crippen LogP contribution is -2.36. The van der Waals surface area contributed by atoms with Crippen LogP contribution in [0.2, 0.25) is 0 Å². The summed E-state index contributed by atoms with van der Waals surface area (Å²) < 4.78 is 1.68. The number of hydrogen-bond donors (Lipinski definition) is 2. The monoisotopic (exact) mass is 599 g/mol. The normalized spacial score (nSPS) is 16.3. The molecule has 2 N–H and O–H groups in total. The number of nitrogens with zero attached hydrogens (tertiary/aromatic N) is 5. The number of amides is 3. The van der Waals surface area contributed by atoms with Crippen molar-refractivity contribution in [2.75, 3.05) is 62.6 Å². The van der Waals surface area contributed by atoms with Gasteiger partial charge in [-0.2, -0.15) is 5.10 Å². The lowest BCUT2D eigenvalue weighted by Gasteiger charge is -2.27. The van der Waals surface area contributed by atoms with Gasteiger partial charge in [0.2, 0.25) is 5.91 Å². The molecule has 3 aromatic rings. The van der Waals surface area contributed by atoms with Crippen LogP contribution in [-0.4, -0.2) is 89.7 Å². The van der Waals surface area contributed by atoms with E-state index in [0.717, 1.165) is 49.4 Å². The van der Waals surface area contributed by atoms with E-state index in [1.54, 1.807) is 4.68 Å². The number of carbonyl (C=O) groups excluding carboxylic acids is 3. The molecule has 0 aliphatic carbocycles. The van der Waals surface area contributed by atoms with E-state index in [2.05, 4.69) is 41.4 Å². The van der Waals surface area contributed by atoms with Crippen LogP contribution in [-0.2, 0) is 23.7 Å². The van der Waals surface area contributed by atoms with Crippen LogP contribution in [0.4, 0.5) is 11.4 Å². The van der Waals surface area contributed by atoms with E-state index in [0.29, 0.717) is 49.7 Å². The Morgan fingerprint density at radius 2 is 1.59 bits per heavy atom. The van der Waals surface area contributed by atoms with E-state index in [4.69, 9.17) is 0 Å². The first kappa shape index (κ1) is 31.3. The fourth-order valence-electron chi connectivity index (χ4n) is 5.81. The van der Waals surface area contributed by atoms with E-state index >= 15 is 0 Å². The summed E-state index contributed by atoms with van der Waals surface area (Å²) in [5.74, 6) is -0.197. The van der Waals surface area contributed by atoms with Gasteiger partial charge >= 0.3 is 0 Å². The number of aryl methyl sites for hydroxylation is 1. The second-order valence-electron chi connectivity index (χ2n) is 12.8. The number of anilines is 2. The summed E-state index contributed by atoms with van der Waals surface area (Å²) >= 11 is 0. The molecule has 0 spiro atoms. The Hall–Kier alpha value is -4.18. The molecule has 0 radical (unpaired) electrons. The molecule has 2 saturated heterocycles. The highest BCUT2D eigenvalue weighted by Crippen LogP contribution is 2.30. The van der Waals surface area contributed by atoms with Gasteiger partial charge in [0.25, 0.3) is 11.8 Å². The Morgan fingerprint density at radius 1 is 0.841 bits per heavy atom. The molecule has 0 bridgehead atoms. The third kappa shape index (κ3) is 7.48. The Bertz CT molecular complexity index is 1470. The number of hydrogen-bond acceptors (Lipinski definition) is 6. The van der Waals surface area contributed by atoms with Gasteiger partial charge in [0.15, 0.2) is 0 Å². The lowest BCUT2D eigenvalue weighted by molar-refractivity contribution is -0.115. The molecule has 234 valence electrons. The van der Waals surface area contributed by atoms with E-state index in [1.165, 1.54) is 0 Å². The average Bonchev–Trinajstić information content (AvgIpc) is 3.17. The Balaban J connectivity index is 1.36. The van der Waals surface area contributed by atoms with Gasteiger partial charge in [0.1, 0.15) is 5.69 Å². The summed E-state index contributed by atoms with van der Waals surface area (Å²) in [5.41, 5.74) is 4.28. The van der Waals surface area contributed by atoms with Crippen molar-refractivity contribution in [1.82, 2.24) is 24.9 Å². The zero-order valence-electron chi connectivity index (χ0n) is 26.4. The Labute approximate surface area is 260 Å². The van der Waals surface area contributed by atoms with Gasteiger partial charge in [-0.15, -0.1) is 0 Å². The maximum Gasteiger partial charge on any atom is 0.272 e. The first-order chi connectivity index (χ1) is 21.1. The van der Waals surface area contributed by atoms with Crippen LogP contribution < -0.4 is 15.5 Å². The highest BCUT2D eigenvalue weighted by Gasteiger charge is 2.27. The minimum absolute atomic E-state index is 0.0263. The molecule has 1 aromatic heterocycles. The van der Waals surface area contributed by atoms with Gasteiger partial charge < -0.3 is 25.3 Å². The van der Waals surface area contributed by atoms with Crippen LogP contribution in [0.5, 0.6) is 0 Å². The standard InChI is InChI=1S/C34H45N7O3/c1-34(2,3)30-24-29(38(4)37-30)33(44)41-18-9-17-39(20-21-41)28-13-12-26(32(43)40-16-8-14-35-15-19-40)23-27(28)36-31(42)22-25-10-6-5-7-11-25/h5-7,10-13,23-24,35H,8-9,14-22H2,1-4H3,(H,36,42). The van der Waals surface area contributed by atoms with Crippen LogP contribution in [0.25, 0.3) is 0 Å². The minimum atomic E-state index is -0.148. The number of benzene rings is 2. The fourth-order valence-corrected chi connectivity index (χ4v) is 5.81. The predicted octanol–water partition coefficient (Wildman–Crippen LogP) is 3.69. The maximum atomic E-state index is 13.6. The number of aromatic nitrogens is 2. The van der Waals surface area contributed by atoms with Crippen molar-refractivity contribution >= 4 is 29.1 Å². The summed E-state index contributed by atoms with van der Waals surface area (Å²) in [6, 6.07) is 17.2. The van der Waals surface area contributed by atoms with Crippen LogP contribution in [0, 0.1) is 0 Å². The molecule has 2 aliphatic heterocycles. The summed E-state index contributed by atoms with van der Waals surface area (Å²) in [7, 11) is 1.82. The van der Waals surface area contributed by atoms with Crippen molar-refractivity contribution in [3.05, 3.63) is 77.1 Å². The molecule has 10 nitrogen and oxygen atoms in total. The summed E-state index contributed by atoms with van der Waals surface area (Å²) in [6.07, 6.45) is 1.91. The highest BCUT2D eigenvalue weighted by molar-refractivity contribution is 6.00. The van der Waals surface area contributed by atoms with Gasteiger partial charge in [-0.25, -0.2) is 0 Å². The molecular weight excluding hydrogens is 554 g/mol. The largest absolute Gasteiger partial charge is 0.368 e. The third-order valence-corrected chi connectivity index (χ3v) is 8.34. The number of nitrogens with one attached hydrogen (secondary N) is 2. The molecule has 2 fully saturated rings. The van der Waals surface area contributed by atoms with Gasteiger partial charge in [0.05, 0.1) is 23.5 Å². The van der Waals surface area contributed by atoms with Crippen molar-refractivity contribution in [1.29, 1.82) is 0 Å². The molecule has 0 unspecified atom stereocenters. The second kappa shape index (κ2) is 13.6. The summed E-state index contributed by atoms with van der Waals surface area (Å²) in [6.45, 7) is 11.8. The maximum absolute atomic E-state index is 13.6. The van der Waals surface area contributed by atoms with Gasteiger partial charge in [-0.05, 0) is 49.2 Å². The third-order valence-electron chi connectivity index (χ3n) is 8.34. The first-order valence-electron chi connectivity index (χ1n) is 15.7. The predicted molar refractivity (Wildman–Crippen MR) is 173 cm³/mol. The van der Waals surface area contributed by atoms with E-state index in [-0.39, 0.29) is 29.6 Å². The molecule has 2 aromatic carbocycles. The topological polar surface area (TPSA) is 103 Å². The number of rotatable bonds is 6. The molecule has 3 heterocycles. The van der Waals surface area contributed by atoms with Crippen molar-refractivity contribution in [2.45, 2.75) is 45.4 Å². The molecular formula is C34H45N7O3. The number of carbonyl (C=O) groups is 3. The van der Waals surface area contributed by atoms with Gasteiger partial charge in [-0.3, -0.25) is 19.1 Å². The van der Waals surface area contributed by atoms with Crippen molar-refractivity contribution < 1.29 is 14.4 Å². The van der Waals surface area contributed by atoms with E-state index in [9.17, 15) is 14.4 Å². The van der Waals surface area contributed by atoms with Crippen molar-refractivity contribution in [3.8, 4) is 0 Å². The quantitative estimate of drug-likeness (QED) is 0.448. The molecule has 0 saturated carbocycles. The molecule has 2 aliphatic rings. The van der Waals surface area contributed by atoms with Gasteiger partial charge in [-0.1, -0.05) is 51.1 Å². The van der Waals surface area contributed by atoms with Crippen molar-refractivity contribution in [3.63, 3.8) is 0 Å². The molecule has 3 amide bonds. The zero-order valence-corrected chi connectivity index (χ0v) is 26.4. The highest BCUT2D eigenvalue weighted by atomic mass is 16.2. The summed E-state index contributed by atoms with van der Waals surface area (Å²) in [5, 5.41) is 11.1. The first-order valence-corrected chi connectivity index (χ1v) is 15.7. The van der Waals surface area contributed by atoms with E-state index < -0.39 is 0 Å². The molecule has 10 heteroatoms. The summed E-state index contributed by atoms with van der Waals surface area (Å²) in [4.78, 5) is 46.3. The molecule has 0 atom stereocenters. The van der Waals surface area contributed by atoms with Crippen LogP contribution >= 0.6 is 0 Å². The van der Waals surface area contributed by atoms with Crippen LogP contribution in [0.15, 0.2) is 54.6 Å². The average molecular weight is 600 g/mol. The van der Waals surface area contributed by atoms with Crippen LogP contribution in [0.1, 0.15) is 65.7 Å². The smallest absolute Gasteiger partial charge is 0.272 e. The van der Waals surface area contributed by atoms with E-state index in [1.807, 2.05) is 71.4 Å². The fraction of sp³-hybridized carbons (Fsp3) is 0.471. The van der Waals surface area contributed by atoms with Gasteiger partial charge in [0, 0.05) is 63.8 Å². The molecule has 44 heavy (non-hydrogen) atoms. The zero-order chi connectivity index (χ0) is 31.3. The second-order valence-corrected chi connectivity index (χ2v) is 12.8. The van der Waals surface area contributed by atoms with Crippen molar-refractivity contribution in [2.24, 2.45) is 7.05 Å². The lowest BCUT2D eigenvalue weighted by atomic mass is 9.92. The molecule has 5 rings (SSSR count). The Morgan fingerprint density at radius 3 is 2.34 bits per heavy atom. The minimum Gasteiger partial charge on any atom is -0.368 e. The SMILES string of the molecule is Cn1nc(C(C)(C)C)cc1C(=O)N1CCCN(c2ccc(C(=O)N3CCCNCC3)cc2NC(=O)Cc2ccccc2)CC1.